The molecule has 90 valence electrons. The predicted molar refractivity (Wildman–Crippen MR) is 66.6 cm³/mol. The summed E-state index contributed by atoms with van der Waals surface area (Å²) in [5.74, 6) is 0. The Bertz CT molecular complexity index is 796. The van der Waals surface area contributed by atoms with Crippen LogP contribution in [0, 0.1) is 0 Å². The maximum absolute atomic E-state index is 12.1. The van der Waals surface area contributed by atoms with Crippen molar-refractivity contribution in [3.63, 3.8) is 0 Å². The Hall–Kier alpha value is -2.56. The molecule has 3 rings (SSSR count). The fourth-order valence-corrected chi connectivity index (χ4v) is 1.89. The third kappa shape index (κ3) is 1.66. The van der Waals surface area contributed by atoms with Crippen molar-refractivity contribution >= 4 is 10.9 Å². The number of hydrogen-bond acceptors (Lipinski definition) is 3. The Labute approximate surface area is 101 Å². The topological polar surface area (TPSA) is 68.0 Å². The van der Waals surface area contributed by atoms with Crippen molar-refractivity contribution in [2.24, 2.45) is 0 Å². The van der Waals surface area contributed by atoms with E-state index in [4.69, 9.17) is 4.42 Å². The fourth-order valence-electron chi connectivity index (χ4n) is 1.89. The Morgan fingerprint density at radius 2 is 1.89 bits per heavy atom. The van der Waals surface area contributed by atoms with Gasteiger partial charge in [-0.2, -0.15) is 0 Å². The van der Waals surface area contributed by atoms with Crippen LogP contribution in [0.3, 0.4) is 0 Å². The molecule has 5 nitrogen and oxygen atoms in total. The summed E-state index contributed by atoms with van der Waals surface area (Å²) in [4.78, 5) is 26.5. The van der Waals surface area contributed by atoms with Crippen molar-refractivity contribution in [3.05, 3.63) is 69.3 Å². The second-order valence-corrected chi connectivity index (χ2v) is 4.01. The van der Waals surface area contributed by atoms with Gasteiger partial charge in [0.1, 0.15) is 17.9 Å². The number of fused-ring (bicyclic) bond motifs is 1. The number of rotatable bonds is 2. The molecule has 0 fully saturated rings. The van der Waals surface area contributed by atoms with E-state index in [9.17, 15) is 9.59 Å². The Kier molecular flexibility index (Phi) is 2.37. The van der Waals surface area contributed by atoms with Gasteiger partial charge in [0.25, 0.3) is 5.56 Å². The van der Waals surface area contributed by atoms with Crippen LogP contribution in [0.15, 0.2) is 56.9 Å². The quantitative estimate of drug-likeness (QED) is 0.737. The SMILES string of the molecule is O=c1[nH]c2cocc2c(=O)n1Cc1ccccc1. The van der Waals surface area contributed by atoms with Crippen molar-refractivity contribution in [3.8, 4) is 0 Å². The Balaban J connectivity index is 2.18. The summed E-state index contributed by atoms with van der Waals surface area (Å²) in [7, 11) is 0. The van der Waals surface area contributed by atoms with Crippen LogP contribution in [0.25, 0.3) is 10.9 Å². The van der Waals surface area contributed by atoms with E-state index in [1.165, 1.54) is 12.5 Å². The molecule has 2 heterocycles. The summed E-state index contributed by atoms with van der Waals surface area (Å²) in [6, 6.07) is 9.35. The number of benzene rings is 1. The summed E-state index contributed by atoms with van der Waals surface area (Å²) in [5.41, 5.74) is 0.548. The van der Waals surface area contributed by atoms with Gasteiger partial charge >= 0.3 is 5.69 Å². The zero-order valence-electron chi connectivity index (χ0n) is 9.42. The zero-order chi connectivity index (χ0) is 12.5. The number of H-pyrrole nitrogens is 1. The van der Waals surface area contributed by atoms with Crippen molar-refractivity contribution in [2.45, 2.75) is 6.54 Å². The van der Waals surface area contributed by atoms with Gasteiger partial charge < -0.3 is 9.40 Å². The van der Waals surface area contributed by atoms with Gasteiger partial charge in [-0.3, -0.25) is 9.36 Å². The molecular weight excluding hydrogens is 232 g/mol. The zero-order valence-corrected chi connectivity index (χ0v) is 9.42. The molecule has 3 aromatic rings. The lowest BCUT2D eigenvalue weighted by atomic mass is 10.2. The second-order valence-electron chi connectivity index (χ2n) is 4.01. The lowest BCUT2D eigenvalue weighted by Crippen LogP contribution is -2.34. The average molecular weight is 242 g/mol. The molecule has 0 saturated heterocycles. The van der Waals surface area contributed by atoms with Gasteiger partial charge in [0.15, 0.2) is 0 Å². The summed E-state index contributed by atoms with van der Waals surface area (Å²) in [6.07, 6.45) is 2.69. The van der Waals surface area contributed by atoms with Crippen LogP contribution in [0.1, 0.15) is 5.56 Å². The highest BCUT2D eigenvalue weighted by Gasteiger charge is 2.09. The molecule has 0 aliphatic carbocycles. The predicted octanol–water partition coefficient (Wildman–Crippen LogP) is 1.33. The smallest absolute Gasteiger partial charge is 0.329 e. The van der Waals surface area contributed by atoms with Gasteiger partial charge in [0, 0.05) is 0 Å². The normalized spacial score (nSPS) is 10.9. The first-order valence-electron chi connectivity index (χ1n) is 5.48. The molecule has 2 aromatic heterocycles. The highest BCUT2D eigenvalue weighted by atomic mass is 16.3. The fraction of sp³-hybridized carbons (Fsp3) is 0.0769. The summed E-state index contributed by atoms with van der Waals surface area (Å²) >= 11 is 0. The van der Waals surface area contributed by atoms with Crippen molar-refractivity contribution in [2.75, 3.05) is 0 Å². The summed E-state index contributed by atoms with van der Waals surface area (Å²) in [5, 5.41) is 0.380. The number of hydrogen-bond donors (Lipinski definition) is 1. The number of nitrogens with zero attached hydrogens (tertiary/aromatic N) is 1. The Morgan fingerprint density at radius 3 is 2.67 bits per heavy atom. The van der Waals surface area contributed by atoms with E-state index in [-0.39, 0.29) is 12.1 Å². The van der Waals surface area contributed by atoms with E-state index in [1.54, 1.807) is 0 Å². The highest BCUT2D eigenvalue weighted by Crippen LogP contribution is 2.05. The monoisotopic (exact) mass is 242 g/mol. The molecule has 0 atom stereocenters. The van der Waals surface area contributed by atoms with Crippen molar-refractivity contribution in [1.82, 2.24) is 9.55 Å². The van der Waals surface area contributed by atoms with Crippen molar-refractivity contribution in [1.29, 1.82) is 0 Å². The minimum atomic E-state index is -0.433. The standard InChI is InChI=1S/C13H10N2O3/c16-12-10-7-18-8-11(10)14-13(17)15(12)6-9-4-2-1-3-5-9/h1-5,7-8H,6H2,(H,14,17). The van der Waals surface area contributed by atoms with Crippen LogP contribution in [-0.2, 0) is 6.54 Å². The summed E-state index contributed by atoms with van der Waals surface area (Å²) in [6.45, 7) is 0.246. The maximum atomic E-state index is 12.1. The first kappa shape index (κ1) is 10.6. The lowest BCUT2D eigenvalue weighted by Gasteiger charge is -2.04. The molecule has 5 heteroatoms. The number of aromatic nitrogens is 2. The Morgan fingerprint density at radius 1 is 1.11 bits per heavy atom. The molecule has 0 saturated carbocycles. The first-order chi connectivity index (χ1) is 8.75. The van der Waals surface area contributed by atoms with Crippen LogP contribution >= 0.6 is 0 Å². The molecule has 0 unspecified atom stereocenters. The van der Waals surface area contributed by atoms with Crippen LogP contribution in [-0.4, -0.2) is 9.55 Å². The molecule has 0 radical (unpaired) electrons. The van der Waals surface area contributed by atoms with Crippen molar-refractivity contribution < 1.29 is 4.42 Å². The third-order valence-corrected chi connectivity index (χ3v) is 2.81. The van der Waals surface area contributed by atoms with Crippen LogP contribution in [0.2, 0.25) is 0 Å². The molecule has 18 heavy (non-hydrogen) atoms. The number of furan rings is 1. The van der Waals surface area contributed by atoms with E-state index in [2.05, 4.69) is 4.98 Å². The van der Waals surface area contributed by atoms with Gasteiger partial charge in [-0.25, -0.2) is 4.79 Å². The number of nitrogens with one attached hydrogen (secondary N) is 1. The highest BCUT2D eigenvalue weighted by molar-refractivity contribution is 5.75. The average Bonchev–Trinajstić information content (AvgIpc) is 2.84. The molecule has 0 aliphatic heterocycles. The number of aromatic amines is 1. The van der Waals surface area contributed by atoms with Gasteiger partial charge in [0.2, 0.25) is 0 Å². The molecule has 0 bridgehead atoms. The van der Waals surface area contributed by atoms with Crippen LogP contribution in [0.4, 0.5) is 0 Å². The van der Waals surface area contributed by atoms with Gasteiger partial charge in [-0.15, -0.1) is 0 Å². The molecule has 1 aromatic carbocycles. The lowest BCUT2D eigenvalue weighted by molar-refractivity contribution is 0.571. The first-order valence-corrected chi connectivity index (χ1v) is 5.48. The van der Waals surface area contributed by atoms with Crippen LogP contribution < -0.4 is 11.2 Å². The third-order valence-electron chi connectivity index (χ3n) is 2.81. The van der Waals surface area contributed by atoms with E-state index < -0.39 is 5.69 Å². The second kappa shape index (κ2) is 4.03. The minimum absolute atomic E-state index is 0.246. The van der Waals surface area contributed by atoms with Gasteiger partial charge in [-0.05, 0) is 5.56 Å². The molecule has 0 aliphatic rings. The molecule has 1 N–H and O–H groups in total. The van der Waals surface area contributed by atoms with E-state index in [0.717, 1.165) is 10.1 Å². The van der Waals surface area contributed by atoms with E-state index in [1.807, 2.05) is 30.3 Å². The molecule has 0 spiro atoms. The molecular formula is C13H10N2O3. The van der Waals surface area contributed by atoms with Gasteiger partial charge in [-0.1, -0.05) is 30.3 Å². The van der Waals surface area contributed by atoms with Crippen LogP contribution in [0.5, 0.6) is 0 Å². The maximum Gasteiger partial charge on any atom is 0.329 e. The van der Waals surface area contributed by atoms with E-state index in [0.29, 0.717) is 10.9 Å². The van der Waals surface area contributed by atoms with Gasteiger partial charge in [0.05, 0.1) is 12.1 Å². The minimum Gasteiger partial charge on any atom is -0.470 e. The van der Waals surface area contributed by atoms with E-state index >= 15 is 0 Å². The largest absolute Gasteiger partial charge is 0.470 e. The molecule has 0 amide bonds. The summed E-state index contributed by atoms with van der Waals surface area (Å²) < 4.78 is 6.08.